The number of nitrogens with one attached hydrogen (secondary N) is 1. The zero-order chi connectivity index (χ0) is 14.8. The van der Waals surface area contributed by atoms with Gasteiger partial charge in [0.2, 0.25) is 0 Å². The molecule has 0 aliphatic heterocycles. The van der Waals surface area contributed by atoms with Gasteiger partial charge in [-0.1, -0.05) is 15.9 Å². The first-order valence-electron chi connectivity index (χ1n) is 4.72. The Hall–Kier alpha value is -1.25. The highest BCUT2D eigenvalue weighted by molar-refractivity contribution is 9.10. The van der Waals surface area contributed by atoms with E-state index in [1.54, 1.807) is 0 Å². The number of carbonyl (C=O) groups is 1. The molecule has 1 N–H and O–H groups in total. The summed E-state index contributed by atoms with van der Waals surface area (Å²) in [6.45, 7) is -0.664. The Kier molecular flexibility index (Phi) is 4.49. The number of hydrogen-bond donors (Lipinski definition) is 1. The van der Waals surface area contributed by atoms with Crippen LogP contribution in [-0.4, -0.2) is 18.0 Å². The normalized spacial score (nSPS) is 12.4. The van der Waals surface area contributed by atoms with Crippen molar-refractivity contribution in [3.05, 3.63) is 34.1 Å². The minimum Gasteiger partial charge on any atom is -0.346 e. The molecule has 1 rings (SSSR count). The molecule has 0 fully saturated rings. The van der Waals surface area contributed by atoms with Gasteiger partial charge in [0, 0.05) is 11.0 Å². The maximum atomic E-state index is 12.8. The number of halogens is 7. The number of alkyl halides is 5. The number of hydrogen-bond acceptors (Lipinski definition) is 1. The lowest BCUT2D eigenvalue weighted by atomic mass is 10.2. The van der Waals surface area contributed by atoms with E-state index >= 15 is 0 Å². The third-order valence-corrected chi connectivity index (χ3v) is 2.86. The van der Waals surface area contributed by atoms with Gasteiger partial charge in [0.05, 0.1) is 0 Å². The van der Waals surface area contributed by atoms with Crippen molar-refractivity contribution >= 4 is 21.8 Å². The second-order valence-electron chi connectivity index (χ2n) is 3.49. The molecule has 1 aromatic rings. The summed E-state index contributed by atoms with van der Waals surface area (Å²) in [6, 6.07) is 3.19. The summed E-state index contributed by atoms with van der Waals surface area (Å²) < 4.78 is 73.9. The lowest BCUT2D eigenvalue weighted by molar-refractivity contribution is -0.269. The van der Waals surface area contributed by atoms with Crippen molar-refractivity contribution in [3.8, 4) is 0 Å². The van der Waals surface area contributed by atoms with Crippen LogP contribution in [0.1, 0.15) is 5.56 Å². The molecule has 0 unspecified atom stereocenters. The van der Waals surface area contributed by atoms with E-state index in [9.17, 15) is 31.1 Å². The van der Waals surface area contributed by atoms with E-state index in [-0.39, 0.29) is 10.0 Å². The molecule has 19 heavy (non-hydrogen) atoms. The van der Waals surface area contributed by atoms with E-state index in [0.29, 0.717) is 0 Å². The Morgan fingerprint density at radius 1 is 1.21 bits per heavy atom. The third-order valence-electron chi connectivity index (χ3n) is 2.09. The standard InChI is InChI=1S/C10H6BrF6NO/c11-7-2-1-6(12)3-5(7)4-18-8(19)9(13,14)10(15,16)17/h1-3H,4H2,(H,18,19). The second-order valence-corrected chi connectivity index (χ2v) is 4.34. The van der Waals surface area contributed by atoms with Crippen molar-refractivity contribution in [2.24, 2.45) is 0 Å². The van der Waals surface area contributed by atoms with Gasteiger partial charge in [0.15, 0.2) is 0 Å². The fourth-order valence-corrected chi connectivity index (χ4v) is 1.48. The molecule has 0 saturated heterocycles. The van der Waals surface area contributed by atoms with Crippen molar-refractivity contribution in [1.82, 2.24) is 5.32 Å². The van der Waals surface area contributed by atoms with Gasteiger partial charge in [-0.2, -0.15) is 22.0 Å². The number of benzene rings is 1. The number of amides is 1. The Balaban J connectivity index is 2.77. The monoisotopic (exact) mass is 349 g/mol. The van der Waals surface area contributed by atoms with E-state index in [1.165, 1.54) is 11.4 Å². The Morgan fingerprint density at radius 2 is 1.79 bits per heavy atom. The number of rotatable bonds is 3. The fourth-order valence-electron chi connectivity index (χ4n) is 1.09. The van der Waals surface area contributed by atoms with Crippen LogP contribution < -0.4 is 5.32 Å². The van der Waals surface area contributed by atoms with Crippen molar-refractivity contribution in [1.29, 1.82) is 0 Å². The predicted molar refractivity (Wildman–Crippen MR) is 56.9 cm³/mol. The van der Waals surface area contributed by atoms with Crippen LogP contribution in [0.15, 0.2) is 22.7 Å². The molecule has 0 radical (unpaired) electrons. The molecular formula is C10H6BrF6NO. The van der Waals surface area contributed by atoms with Crippen LogP contribution in [0.25, 0.3) is 0 Å². The van der Waals surface area contributed by atoms with Crippen LogP contribution in [0.3, 0.4) is 0 Å². The van der Waals surface area contributed by atoms with Crippen LogP contribution in [0.2, 0.25) is 0 Å². The van der Waals surface area contributed by atoms with Gasteiger partial charge in [0.1, 0.15) is 5.82 Å². The lowest BCUT2D eigenvalue weighted by Crippen LogP contribution is -2.50. The first kappa shape index (κ1) is 15.8. The van der Waals surface area contributed by atoms with E-state index in [0.717, 1.165) is 12.1 Å². The highest BCUT2D eigenvalue weighted by Gasteiger charge is 2.63. The van der Waals surface area contributed by atoms with Crippen LogP contribution in [0.4, 0.5) is 26.3 Å². The third kappa shape index (κ3) is 3.62. The summed E-state index contributed by atoms with van der Waals surface area (Å²) in [5.41, 5.74) is 0.0336. The quantitative estimate of drug-likeness (QED) is 0.832. The fraction of sp³-hybridized carbons (Fsp3) is 0.300. The highest BCUT2D eigenvalue weighted by atomic mass is 79.9. The smallest absolute Gasteiger partial charge is 0.346 e. The molecule has 0 spiro atoms. The van der Waals surface area contributed by atoms with E-state index in [4.69, 9.17) is 0 Å². The SMILES string of the molecule is O=C(NCc1cc(F)ccc1Br)C(F)(F)C(F)(F)F. The molecule has 0 atom stereocenters. The molecule has 1 amide bonds. The van der Waals surface area contributed by atoms with Gasteiger partial charge in [-0.25, -0.2) is 4.39 Å². The summed E-state index contributed by atoms with van der Waals surface area (Å²) in [5.74, 6) is -8.70. The molecule has 0 bridgehead atoms. The highest BCUT2D eigenvalue weighted by Crippen LogP contribution is 2.35. The first-order chi connectivity index (χ1) is 8.55. The van der Waals surface area contributed by atoms with Crippen molar-refractivity contribution in [2.75, 3.05) is 0 Å². The van der Waals surface area contributed by atoms with Crippen LogP contribution in [-0.2, 0) is 11.3 Å². The van der Waals surface area contributed by atoms with Gasteiger partial charge in [-0.15, -0.1) is 0 Å². The van der Waals surface area contributed by atoms with Gasteiger partial charge < -0.3 is 5.32 Å². The molecule has 0 saturated carbocycles. The summed E-state index contributed by atoms with van der Waals surface area (Å²) in [7, 11) is 0. The van der Waals surface area contributed by atoms with Crippen LogP contribution in [0.5, 0.6) is 0 Å². The summed E-state index contributed by atoms with van der Waals surface area (Å²) >= 11 is 2.94. The lowest BCUT2D eigenvalue weighted by Gasteiger charge is -2.18. The largest absolute Gasteiger partial charge is 0.463 e. The Labute approximate surface area is 111 Å². The van der Waals surface area contributed by atoms with Gasteiger partial charge in [-0.3, -0.25) is 4.79 Å². The molecule has 0 heterocycles. The van der Waals surface area contributed by atoms with Crippen molar-refractivity contribution < 1.29 is 31.1 Å². The summed E-state index contributed by atoms with van der Waals surface area (Å²) in [5, 5.41) is 1.41. The molecule has 0 aliphatic carbocycles. The molecule has 2 nitrogen and oxygen atoms in total. The zero-order valence-electron chi connectivity index (χ0n) is 8.99. The van der Waals surface area contributed by atoms with E-state index in [1.807, 2.05) is 0 Å². The van der Waals surface area contributed by atoms with Gasteiger partial charge in [0.25, 0.3) is 0 Å². The average Bonchev–Trinajstić information content (AvgIpc) is 2.28. The van der Waals surface area contributed by atoms with E-state index in [2.05, 4.69) is 15.9 Å². The summed E-state index contributed by atoms with van der Waals surface area (Å²) in [4.78, 5) is 10.8. The molecule has 9 heteroatoms. The van der Waals surface area contributed by atoms with Crippen molar-refractivity contribution in [3.63, 3.8) is 0 Å². The van der Waals surface area contributed by atoms with Crippen LogP contribution >= 0.6 is 15.9 Å². The molecule has 106 valence electrons. The van der Waals surface area contributed by atoms with Crippen molar-refractivity contribution in [2.45, 2.75) is 18.6 Å². The minimum absolute atomic E-state index is 0.0336. The topological polar surface area (TPSA) is 29.1 Å². The van der Waals surface area contributed by atoms with E-state index < -0.39 is 30.4 Å². The Morgan fingerprint density at radius 3 is 2.32 bits per heavy atom. The minimum atomic E-state index is -5.98. The average molecular weight is 350 g/mol. The maximum Gasteiger partial charge on any atom is 0.463 e. The first-order valence-corrected chi connectivity index (χ1v) is 5.52. The summed E-state index contributed by atoms with van der Waals surface area (Å²) in [6.07, 6.45) is -5.98. The molecule has 0 aromatic heterocycles. The predicted octanol–water partition coefficient (Wildman–Crippen LogP) is 3.40. The van der Waals surface area contributed by atoms with Gasteiger partial charge >= 0.3 is 18.0 Å². The maximum absolute atomic E-state index is 12.8. The molecule has 0 aliphatic rings. The van der Waals surface area contributed by atoms with Crippen LogP contribution in [0, 0.1) is 5.82 Å². The molecule has 1 aromatic carbocycles. The zero-order valence-corrected chi connectivity index (χ0v) is 10.6. The van der Waals surface area contributed by atoms with Gasteiger partial charge in [-0.05, 0) is 23.8 Å². The Bertz CT molecular complexity index is 487. The number of carbonyl (C=O) groups excluding carboxylic acids is 1. The molecular weight excluding hydrogens is 344 g/mol. The second kappa shape index (κ2) is 5.40.